The van der Waals surface area contributed by atoms with E-state index >= 15 is 0 Å². The minimum absolute atomic E-state index is 0.272. The number of rotatable bonds is 4. The summed E-state index contributed by atoms with van der Waals surface area (Å²) < 4.78 is 6.64. The number of urea groups is 1. The van der Waals surface area contributed by atoms with Gasteiger partial charge in [-0.1, -0.05) is 18.2 Å². The van der Waals surface area contributed by atoms with E-state index < -0.39 is 12.1 Å². The smallest absolute Gasteiger partial charge is 0.407 e. The number of hydrogen-bond acceptors (Lipinski definition) is 5. The van der Waals surface area contributed by atoms with E-state index in [1.165, 1.54) is 4.90 Å². The first-order valence-electron chi connectivity index (χ1n) is 8.39. The number of carbonyl (C=O) groups excluding carboxylic acids is 2. The first-order chi connectivity index (χ1) is 13.1. The fourth-order valence-corrected chi connectivity index (χ4v) is 2.98. The number of nitrogens with two attached hydrogens (primary N) is 1. The number of pyridine rings is 1. The molecule has 0 bridgehead atoms. The summed E-state index contributed by atoms with van der Waals surface area (Å²) in [4.78, 5) is 29.3. The lowest BCUT2D eigenvalue weighted by Crippen LogP contribution is -2.27. The highest BCUT2D eigenvalue weighted by atomic mass is 127. The number of benzene rings is 1. The molecular formula is C19H22IN5O3. The molecule has 2 N–H and O–H groups in total. The fourth-order valence-electron chi connectivity index (χ4n) is 2.65. The van der Waals surface area contributed by atoms with Gasteiger partial charge in [0.2, 0.25) is 0 Å². The van der Waals surface area contributed by atoms with Gasteiger partial charge in [0, 0.05) is 25.9 Å². The van der Waals surface area contributed by atoms with Gasteiger partial charge in [-0.2, -0.15) is 8.32 Å². The molecule has 1 aromatic carbocycles. The van der Waals surface area contributed by atoms with Crippen LogP contribution in [0.25, 0.3) is 11.1 Å². The van der Waals surface area contributed by atoms with Crippen LogP contribution in [0.2, 0.25) is 0 Å². The Hall–Kier alpha value is -2.69. The van der Waals surface area contributed by atoms with Gasteiger partial charge in [-0.25, -0.2) is 9.59 Å². The zero-order valence-electron chi connectivity index (χ0n) is 16.4. The van der Waals surface area contributed by atoms with Crippen molar-refractivity contribution in [1.82, 2.24) is 13.1 Å². The summed E-state index contributed by atoms with van der Waals surface area (Å²) in [5.74, 6) is 0.272. The normalized spacial score (nSPS) is 11.1. The Morgan fingerprint density at radius 1 is 1.18 bits per heavy atom. The number of aryl methyl sites for hydroxylation is 2. The van der Waals surface area contributed by atoms with Crippen LogP contribution in [-0.2, 0) is 0 Å². The number of ether oxygens (including phenoxy) is 1. The third kappa shape index (κ3) is 4.77. The molecule has 1 heterocycles. The third-order valence-corrected chi connectivity index (χ3v) is 4.66. The largest absolute Gasteiger partial charge is 0.414 e. The molecule has 3 amide bonds. The van der Waals surface area contributed by atoms with Crippen molar-refractivity contribution in [3.8, 4) is 16.9 Å². The van der Waals surface area contributed by atoms with Gasteiger partial charge < -0.3 is 15.4 Å². The van der Waals surface area contributed by atoms with Gasteiger partial charge in [0.05, 0.1) is 28.6 Å². The molecular weight excluding hydrogens is 473 g/mol. The predicted molar refractivity (Wildman–Crippen MR) is 117 cm³/mol. The van der Waals surface area contributed by atoms with Crippen LogP contribution < -0.4 is 10.5 Å². The number of nitrogens with zero attached hydrogens (tertiary/aromatic N) is 4. The van der Waals surface area contributed by atoms with Crippen molar-refractivity contribution in [2.24, 2.45) is 10.8 Å². The zero-order valence-corrected chi connectivity index (χ0v) is 18.5. The number of amides is 3. The van der Waals surface area contributed by atoms with Crippen molar-refractivity contribution < 1.29 is 14.3 Å². The van der Waals surface area contributed by atoms with E-state index in [0.717, 1.165) is 19.9 Å². The summed E-state index contributed by atoms with van der Waals surface area (Å²) in [6.45, 7) is 5.64. The molecule has 1 aromatic heterocycles. The topological polar surface area (TPSA) is 101 Å². The molecule has 0 saturated heterocycles. The second-order valence-electron chi connectivity index (χ2n) is 6.35. The van der Waals surface area contributed by atoms with Gasteiger partial charge >= 0.3 is 12.1 Å². The molecule has 0 saturated carbocycles. The summed E-state index contributed by atoms with van der Waals surface area (Å²) >= 11 is 1.68. The first-order valence-corrected chi connectivity index (χ1v) is 9.35. The van der Waals surface area contributed by atoms with E-state index in [1.807, 2.05) is 32.0 Å². The minimum atomic E-state index is -0.724. The van der Waals surface area contributed by atoms with Crippen molar-refractivity contribution >= 4 is 40.7 Å². The Morgan fingerprint density at radius 3 is 2.32 bits per heavy atom. The molecule has 0 fully saturated rings. The Balaban J connectivity index is 2.73. The average molecular weight is 495 g/mol. The van der Waals surface area contributed by atoms with Crippen LogP contribution in [0.3, 0.4) is 0 Å². The Labute approximate surface area is 177 Å². The van der Waals surface area contributed by atoms with Crippen LogP contribution in [0.15, 0.2) is 35.6 Å². The first kappa shape index (κ1) is 21.6. The molecule has 148 valence electrons. The van der Waals surface area contributed by atoms with E-state index in [9.17, 15) is 9.59 Å². The molecule has 28 heavy (non-hydrogen) atoms. The molecule has 0 aliphatic rings. The predicted octanol–water partition coefficient (Wildman–Crippen LogP) is 3.88. The van der Waals surface area contributed by atoms with Gasteiger partial charge in [0.1, 0.15) is 5.69 Å². The highest BCUT2D eigenvalue weighted by Gasteiger charge is 2.22. The van der Waals surface area contributed by atoms with Crippen molar-refractivity contribution in [3.05, 3.63) is 47.3 Å². The number of primary amides is 1. The van der Waals surface area contributed by atoms with Crippen LogP contribution in [0.4, 0.5) is 9.59 Å². The quantitative estimate of drug-likeness (QED) is 0.301. The zero-order chi connectivity index (χ0) is 21.0. The standard InChI is InChI=1S/C19H22IN5O3/c1-11-7-6-8-12(2)15(11)14-9-10-22-16(13(3)23-25(20)18(21)26)17(14)28-19(27)24(4)5/h6-10H,1-5H3,(H2,21,26). The van der Waals surface area contributed by atoms with Crippen LogP contribution in [0.1, 0.15) is 23.7 Å². The summed E-state index contributed by atoms with van der Waals surface area (Å²) in [5.41, 5.74) is 9.68. The molecule has 9 heteroatoms. The molecule has 8 nitrogen and oxygen atoms in total. The average Bonchev–Trinajstić information content (AvgIpc) is 2.62. The molecule has 0 spiro atoms. The van der Waals surface area contributed by atoms with Gasteiger partial charge in [-0.15, -0.1) is 0 Å². The molecule has 0 radical (unpaired) electrons. The van der Waals surface area contributed by atoms with Crippen molar-refractivity contribution in [1.29, 1.82) is 0 Å². The second-order valence-corrected chi connectivity index (χ2v) is 7.26. The van der Waals surface area contributed by atoms with Gasteiger partial charge in [0.25, 0.3) is 0 Å². The maximum atomic E-state index is 12.3. The van der Waals surface area contributed by atoms with Gasteiger partial charge in [-0.3, -0.25) is 4.98 Å². The number of hydrazone groups is 1. The lowest BCUT2D eigenvalue weighted by Gasteiger charge is -2.19. The highest BCUT2D eigenvalue weighted by Crippen LogP contribution is 2.37. The van der Waals surface area contributed by atoms with Crippen LogP contribution in [0.5, 0.6) is 5.75 Å². The van der Waals surface area contributed by atoms with E-state index in [-0.39, 0.29) is 5.75 Å². The van der Waals surface area contributed by atoms with Crippen LogP contribution in [0, 0.1) is 13.8 Å². The van der Waals surface area contributed by atoms with Crippen molar-refractivity contribution in [2.45, 2.75) is 20.8 Å². The molecule has 2 aromatic rings. The van der Waals surface area contributed by atoms with Crippen LogP contribution in [-0.4, -0.2) is 45.0 Å². The number of hydrogen-bond donors (Lipinski definition) is 1. The highest BCUT2D eigenvalue weighted by molar-refractivity contribution is 14.1. The molecule has 0 atom stereocenters. The molecule has 0 aliphatic carbocycles. The number of halogens is 1. The summed E-state index contributed by atoms with van der Waals surface area (Å²) in [6.07, 6.45) is 1.07. The monoisotopic (exact) mass is 495 g/mol. The Bertz CT molecular complexity index is 923. The summed E-state index contributed by atoms with van der Waals surface area (Å²) in [5, 5.41) is 4.13. The number of carbonyl (C=O) groups is 2. The van der Waals surface area contributed by atoms with Gasteiger partial charge in [-0.05, 0) is 43.5 Å². The van der Waals surface area contributed by atoms with E-state index in [4.69, 9.17) is 10.5 Å². The lowest BCUT2D eigenvalue weighted by atomic mass is 9.95. The van der Waals surface area contributed by atoms with E-state index in [1.54, 1.807) is 56.1 Å². The SMILES string of the molecule is CC(=NN(I)C(N)=O)c1nccc(-c2c(C)cccc2C)c1OC(=O)N(C)C. The van der Waals surface area contributed by atoms with Crippen molar-refractivity contribution in [2.75, 3.05) is 14.1 Å². The number of aromatic nitrogens is 1. The maximum Gasteiger partial charge on any atom is 0.414 e. The Kier molecular flexibility index (Phi) is 6.95. The maximum absolute atomic E-state index is 12.3. The van der Waals surface area contributed by atoms with Crippen molar-refractivity contribution in [3.63, 3.8) is 0 Å². The second kappa shape index (κ2) is 9.00. The molecule has 0 unspecified atom stereocenters. The lowest BCUT2D eigenvalue weighted by molar-refractivity contribution is 0.172. The third-order valence-electron chi connectivity index (χ3n) is 3.97. The Morgan fingerprint density at radius 2 is 1.79 bits per heavy atom. The molecule has 0 aliphatic heterocycles. The minimum Gasteiger partial charge on any atom is -0.407 e. The van der Waals surface area contributed by atoms with E-state index in [2.05, 4.69) is 10.1 Å². The molecule has 2 rings (SSSR count). The summed E-state index contributed by atoms with van der Waals surface area (Å²) in [7, 11) is 3.19. The fraction of sp³-hybridized carbons (Fsp3) is 0.263. The summed E-state index contributed by atoms with van der Waals surface area (Å²) in [6, 6.07) is 7.01. The van der Waals surface area contributed by atoms with E-state index in [0.29, 0.717) is 17.0 Å². The van der Waals surface area contributed by atoms with Crippen LogP contribution >= 0.6 is 22.9 Å². The van der Waals surface area contributed by atoms with Gasteiger partial charge in [0.15, 0.2) is 5.75 Å².